The number of hydrogen-bond donors (Lipinski definition) is 1. The zero-order chi connectivity index (χ0) is 12.3. The van der Waals surface area contributed by atoms with Gasteiger partial charge in [-0.25, -0.2) is 4.98 Å². The van der Waals surface area contributed by atoms with Gasteiger partial charge in [-0.2, -0.15) is 0 Å². The molecule has 1 N–H and O–H groups in total. The minimum atomic E-state index is 0.619. The molecule has 0 radical (unpaired) electrons. The van der Waals surface area contributed by atoms with E-state index < -0.39 is 0 Å². The zero-order valence-corrected chi connectivity index (χ0v) is 10.9. The van der Waals surface area contributed by atoms with Crippen LogP contribution in [0.25, 0.3) is 11.3 Å². The summed E-state index contributed by atoms with van der Waals surface area (Å²) in [6.45, 7) is 4.46. The molecular formula is C14H16N2S. The topological polar surface area (TPSA) is 28.7 Å². The SMILES string of the molecule is CC(C)Cc1cccc(-c2cc(=S)nc[nH]2)c1. The molecule has 0 unspecified atom stereocenters. The van der Waals surface area contributed by atoms with Gasteiger partial charge < -0.3 is 4.98 Å². The molecule has 0 saturated carbocycles. The van der Waals surface area contributed by atoms with Crippen LogP contribution in [0.3, 0.4) is 0 Å². The van der Waals surface area contributed by atoms with E-state index in [0.717, 1.165) is 17.7 Å². The van der Waals surface area contributed by atoms with Crippen LogP contribution in [0, 0.1) is 10.6 Å². The Hall–Kier alpha value is -1.48. The van der Waals surface area contributed by atoms with Crippen molar-refractivity contribution in [1.82, 2.24) is 9.97 Å². The molecule has 0 bridgehead atoms. The largest absolute Gasteiger partial charge is 0.346 e. The Labute approximate surface area is 107 Å². The van der Waals surface area contributed by atoms with Crippen molar-refractivity contribution in [2.45, 2.75) is 20.3 Å². The molecule has 0 aliphatic rings. The summed E-state index contributed by atoms with van der Waals surface area (Å²) in [5, 5.41) is 0. The molecule has 17 heavy (non-hydrogen) atoms. The average Bonchev–Trinajstić information content (AvgIpc) is 2.28. The molecule has 0 saturated heterocycles. The molecule has 1 aromatic carbocycles. The van der Waals surface area contributed by atoms with E-state index in [1.807, 2.05) is 6.07 Å². The van der Waals surface area contributed by atoms with Gasteiger partial charge in [-0.1, -0.05) is 44.3 Å². The Morgan fingerprint density at radius 2 is 2.12 bits per heavy atom. The van der Waals surface area contributed by atoms with E-state index in [0.29, 0.717) is 10.6 Å². The van der Waals surface area contributed by atoms with Gasteiger partial charge in [-0.3, -0.25) is 0 Å². The van der Waals surface area contributed by atoms with Crippen LogP contribution in [0.5, 0.6) is 0 Å². The van der Waals surface area contributed by atoms with Crippen LogP contribution >= 0.6 is 12.2 Å². The highest BCUT2D eigenvalue weighted by atomic mass is 32.1. The van der Waals surface area contributed by atoms with Gasteiger partial charge in [0.05, 0.1) is 6.33 Å². The van der Waals surface area contributed by atoms with Crippen LogP contribution in [0.15, 0.2) is 36.7 Å². The van der Waals surface area contributed by atoms with Crippen LogP contribution in [0.1, 0.15) is 19.4 Å². The number of nitrogens with one attached hydrogen (secondary N) is 1. The van der Waals surface area contributed by atoms with E-state index >= 15 is 0 Å². The summed E-state index contributed by atoms with van der Waals surface area (Å²) in [6.07, 6.45) is 2.74. The summed E-state index contributed by atoms with van der Waals surface area (Å²) in [5.41, 5.74) is 3.54. The van der Waals surface area contributed by atoms with E-state index in [9.17, 15) is 0 Å². The predicted octanol–water partition coefficient (Wildman–Crippen LogP) is 4.00. The Balaban J connectivity index is 2.36. The molecule has 3 heteroatoms. The monoisotopic (exact) mass is 244 g/mol. The van der Waals surface area contributed by atoms with Crippen molar-refractivity contribution in [2.24, 2.45) is 5.92 Å². The second-order valence-corrected chi connectivity index (χ2v) is 5.02. The van der Waals surface area contributed by atoms with Gasteiger partial charge in [0.1, 0.15) is 4.64 Å². The number of hydrogen-bond acceptors (Lipinski definition) is 2. The maximum Gasteiger partial charge on any atom is 0.130 e. The first kappa shape index (κ1) is 12.0. The maximum atomic E-state index is 5.07. The van der Waals surface area contributed by atoms with Gasteiger partial charge in [0.2, 0.25) is 0 Å². The summed E-state index contributed by atoms with van der Waals surface area (Å²) in [7, 11) is 0. The van der Waals surface area contributed by atoms with Crippen LogP contribution in [-0.2, 0) is 6.42 Å². The number of nitrogens with zero attached hydrogens (tertiary/aromatic N) is 1. The van der Waals surface area contributed by atoms with Gasteiger partial charge >= 0.3 is 0 Å². The van der Waals surface area contributed by atoms with Crippen molar-refractivity contribution in [2.75, 3.05) is 0 Å². The minimum Gasteiger partial charge on any atom is -0.346 e. The van der Waals surface area contributed by atoms with Gasteiger partial charge in [0.25, 0.3) is 0 Å². The molecule has 0 amide bonds. The van der Waals surface area contributed by atoms with Gasteiger partial charge in [-0.05, 0) is 35.6 Å². The maximum absolute atomic E-state index is 5.07. The second kappa shape index (κ2) is 5.23. The summed E-state index contributed by atoms with van der Waals surface area (Å²) in [4.78, 5) is 7.12. The lowest BCUT2D eigenvalue weighted by Gasteiger charge is -2.07. The standard InChI is InChI=1S/C14H16N2S/c1-10(2)6-11-4-3-5-12(7-11)13-8-14(17)16-9-15-13/h3-5,7-10H,6H2,1-2H3,(H,15,16,17). The van der Waals surface area contributed by atoms with Gasteiger partial charge in [0, 0.05) is 5.69 Å². The van der Waals surface area contributed by atoms with Crippen molar-refractivity contribution < 1.29 is 0 Å². The summed E-state index contributed by atoms with van der Waals surface area (Å²) >= 11 is 5.07. The molecule has 88 valence electrons. The lowest BCUT2D eigenvalue weighted by Crippen LogP contribution is -1.94. The fourth-order valence-corrected chi connectivity index (χ4v) is 2.04. The summed E-state index contributed by atoms with van der Waals surface area (Å²) < 4.78 is 0.619. The van der Waals surface area contributed by atoms with Crippen LogP contribution < -0.4 is 0 Å². The number of benzene rings is 1. The molecular weight excluding hydrogens is 228 g/mol. The van der Waals surface area contributed by atoms with Crippen LogP contribution in [-0.4, -0.2) is 9.97 Å². The highest BCUT2D eigenvalue weighted by molar-refractivity contribution is 7.71. The highest BCUT2D eigenvalue weighted by Gasteiger charge is 2.01. The van der Waals surface area contributed by atoms with Crippen LogP contribution in [0.4, 0.5) is 0 Å². The van der Waals surface area contributed by atoms with Crippen molar-refractivity contribution >= 4 is 12.2 Å². The van der Waals surface area contributed by atoms with E-state index in [1.165, 1.54) is 5.56 Å². The third-order valence-electron chi connectivity index (χ3n) is 2.56. The predicted molar refractivity (Wildman–Crippen MR) is 73.4 cm³/mol. The number of aromatic nitrogens is 2. The molecule has 0 aliphatic heterocycles. The Bertz CT molecular complexity index is 558. The molecule has 0 aliphatic carbocycles. The first-order valence-corrected chi connectivity index (χ1v) is 6.20. The summed E-state index contributed by atoms with van der Waals surface area (Å²) in [6, 6.07) is 10.4. The molecule has 1 heterocycles. The highest BCUT2D eigenvalue weighted by Crippen LogP contribution is 2.19. The van der Waals surface area contributed by atoms with Crippen molar-refractivity contribution in [3.63, 3.8) is 0 Å². The Morgan fingerprint density at radius 1 is 1.29 bits per heavy atom. The zero-order valence-electron chi connectivity index (χ0n) is 10.1. The van der Waals surface area contributed by atoms with Crippen molar-refractivity contribution in [3.05, 3.63) is 46.9 Å². The smallest absolute Gasteiger partial charge is 0.130 e. The molecule has 0 atom stereocenters. The average molecular weight is 244 g/mol. The number of rotatable bonds is 3. The minimum absolute atomic E-state index is 0.619. The third-order valence-corrected chi connectivity index (χ3v) is 2.78. The molecule has 2 rings (SSSR count). The van der Waals surface area contributed by atoms with Gasteiger partial charge in [-0.15, -0.1) is 0 Å². The Morgan fingerprint density at radius 3 is 2.82 bits per heavy atom. The number of H-pyrrole nitrogens is 1. The normalized spacial score (nSPS) is 10.8. The van der Waals surface area contributed by atoms with Crippen molar-refractivity contribution in [3.8, 4) is 11.3 Å². The van der Waals surface area contributed by atoms with E-state index in [4.69, 9.17) is 12.2 Å². The molecule has 0 fully saturated rings. The fraction of sp³-hybridized carbons (Fsp3) is 0.286. The number of aromatic amines is 1. The molecule has 0 spiro atoms. The summed E-state index contributed by atoms with van der Waals surface area (Å²) in [5.74, 6) is 0.668. The first-order valence-electron chi connectivity index (χ1n) is 5.79. The lowest BCUT2D eigenvalue weighted by molar-refractivity contribution is 0.647. The molecule has 1 aromatic heterocycles. The quantitative estimate of drug-likeness (QED) is 0.827. The van der Waals surface area contributed by atoms with Crippen LogP contribution in [0.2, 0.25) is 0 Å². The van der Waals surface area contributed by atoms with E-state index in [1.54, 1.807) is 6.33 Å². The Kier molecular flexibility index (Phi) is 3.69. The fourth-order valence-electron chi connectivity index (χ4n) is 1.87. The lowest BCUT2D eigenvalue weighted by atomic mass is 10.00. The molecule has 2 nitrogen and oxygen atoms in total. The van der Waals surface area contributed by atoms with Crippen molar-refractivity contribution in [1.29, 1.82) is 0 Å². The second-order valence-electron chi connectivity index (χ2n) is 4.60. The van der Waals surface area contributed by atoms with E-state index in [-0.39, 0.29) is 0 Å². The first-order chi connectivity index (χ1) is 8.15. The molecule has 2 aromatic rings. The van der Waals surface area contributed by atoms with Gasteiger partial charge in [0.15, 0.2) is 0 Å². The third kappa shape index (κ3) is 3.24. The van der Waals surface area contributed by atoms with E-state index in [2.05, 4.69) is 48.1 Å².